The summed E-state index contributed by atoms with van der Waals surface area (Å²) >= 11 is 14.5. The zero-order valence-electron chi connectivity index (χ0n) is 71.5. The Morgan fingerprint density at radius 3 is 1.89 bits per heavy atom. The summed E-state index contributed by atoms with van der Waals surface area (Å²) in [4.78, 5) is 170. The molecular weight excluding hydrogens is 1790 g/mol. The number of benzene rings is 7. The number of rotatable bonds is 24. The van der Waals surface area contributed by atoms with Crippen LogP contribution < -0.4 is 78.8 Å². The van der Waals surface area contributed by atoms with E-state index in [1.807, 2.05) is 0 Å². The number of nitrogens with one attached hydrogen (secondary N) is 11. The van der Waals surface area contributed by atoms with Gasteiger partial charge in [0.2, 0.25) is 71.1 Å². The van der Waals surface area contributed by atoms with Crippen molar-refractivity contribution >= 4 is 99.1 Å². The Labute approximate surface area is 766 Å². The minimum absolute atomic E-state index is 0.138. The molecule has 11 bridgehead atoms. The number of likely N-dealkylation sites (N-methyl/N-ethyl adjacent to an activating group) is 1. The number of carboxylic acids is 1. The normalized spacial score (nSPS) is 25.8. The van der Waals surface area contributed by atoms with Crippen molar-refractivity contribution in [1.82, 2.24) is 58.2 Å². The molecule has 1 aromatic heterocycles. The number of primary amides is 1. The topological polar surface area (TPSA) is 674 Å². The van der Waals surface area contributed by atoms with Crippen LogP contribution in [0.1, 0.15) is 116 Å². The molecule has 21 atom stereocenters. The molecule has 0 unspecified atom stereocenters. The fourth-order valence-corrected chi connectivity index (χ4v) is 16.7. The lowest BCUT2D eigenvalue weighted by atomic mass is 9.86. The maximum Gasteiger partial charge on any atom is 0.326 e. The number of nitrogens with two attached hydrogens (primary N) is 2. The highest BCUT2D eigenvalue weighted by molar-refractivity contribution is 6.32. The van der Waals surface area contributed by atoms with Crippen LogP contribution in [0.25, 0.3) is 22.0 Å². The van der Waals surface area contributed by atoms with Crippen LogP contribution >= 0.6 is 23.2 Å². The summed E-state index contributed by atoms with van der Waals surface area (Å²) < 4.78 is 38.6. The number of halogens is 2. The summed E-state index contributed by atoms with van der Waals surface area (Å²) in [5.74, 6) is -21.0. The second kappa shape index (κ2) is 41.0. The first-order chi connectivity index (χ1) is 63.1. The molecular formula is C89H99Cl2N13O29. The quantitative estimate of drug-likeness (QED) is 0.0385. The van der Waals surface area contributed by atoms with Crippen molar-refractivity contribution < 1.29 is 142 Å². The third-order valence-electron chi connectivity index (χ3n) is 23.3. The van der Waals surface area contributed by atoms with Crippen molar-refractivity contribution in [3.63, 3.8) is 0 Å². The fourth-order valence-electron chi connectivity index (χ4n) is 16.3. The van der Waals surface area contributed by atoms with Crippen LogP contribution in [0.5, 0.6) is 51.7 Å². The molecule has 0 aliphatic carbocycles. The second-order valence-electron chi connectivity index (χ2n) is 33.5. The number of carboxylic acid groups (broad SMARTS) is 1. The highest BCUT2D eigenvalue weighted by Crippen LogP contribution is 2.50. The van der Waals surface area contributed by atoms with E-state index in [1.165, 1.54) is 63.5 Å². The van der Waals surface area contributed by atoms with Gasteiger partial charge in [0.15, 0.2) is 17.8 Å². The lowest BCUT2D eigenvalue weighted by molar-refractivity contribution is -0.277. The van der Waals surface area contributed by atoms with Gasteiger partial charge in [-0.3, -0.25) is 47.9 Å². The molecule has 0 radical (unpaired) electrons. The van der Waals surface area contributed by atoms with E-state index in [4.69, 9.17) is 63.1 Å². The van der Waals surface area contributed by atoms with Gasteiger partial charge in [0, 0.05) is 59.1 Å². The lowest BCUT2D eigenvalue weighted by Crippen LogP contribution is -2.61. The first kappa shape index (κ1) is 97.5. The third-order valence-corrected chi connectivity index (χ3v) is 23.9. The minimum atomic E-state index is -2.48. The molecule has 2 saturated heterocycles. The number of aromatic amines is 1. The monoisotopic (exact) mass is 1880 g/mol. The Balaban J connectivity index is 0.991. The van der Waals surface area contributed by atoms with Crippen LogP contribution in [0.2, 0.25) is 10.0 Å². The van der Waals surface area contributed by atoms with E-state index in [1.54, 1.807) is 38.1 Å². The lowest BCUT2D eigenvalue weighted by Gasteiger charge is -2.44. The average molecular weight is 1890 g/mol. The largest absolute Gasteiger partial charge is 0.508 e. The van der Waals surface area contributed by atoms with Gasteiger partial charge >= 0.3 is 5.97 Å². The van der Waals surface area contributed by atoms with Crippen LogP contribution in [0.4, 0.5) is 0 Å². The number of carbonyl (C=O) groups excluding carboxylic acids is 10. The van der Waals surface area contributed by atoms with Crippen molar-refractivity contribution in [1.29, 1.82) is 0 Å². The standard InChI is InChI=1S/C89H99Cl2N13O29/c1-35(2)20-51(94-5)78(117)103-69-71(112)39-13-18-58(48(90)23-39)129-60-26-41-27-61(76(60)133-88-74(115)73(114)72(113)62(34-106)131-88)130-59-19-14-40(24-49(59)91)75(132-64-31-89(4,93)77(116)36(3)128-64)70-86(125)102-68(84(123)99-55(33-105)81(120)96-52(25-42-32-95-50-9-7-6-8-45(42)50)79(118)98-54(87(126)127)21-37-10-15-43(107)16-11-37)47-28-44(108)29-57(110)65(47)46-22-38(12-17-56(46)109)66(82(121)104-70)101-83(122)67(41)100-80(119)53(30-63(92)111)97-85(69)124/h6-19,22-24,26-29,32,35-36,51-55,62,64,66-75,77,88,94-95,105-110,112-116H,20-21,25,30-31,33-34,93H2,1-5H3,(H2,92,111)(H,96,120)(H,97,124)(H,98,118)(H,99,123)(H,100,119)(H,101,122)(H,102,125)(H,103,117)(H,104,121)(H,126,127)/t36-,51+,52-,53+,54-,55-,62-,64-,66+,67+,68-,69+,70-,71+,72-,73+,74-,75+,77-,88+,89-/m0/s1. The molecule has 133 heavy (non-hydrogen) atoms. The number of fused-ring (bicyclic) bond motifs is 16. The molecule has 8 heterocycles. The van der Waals surface area contributed by atoms with E-state index in [2.05, 4.69) is 58.2 Å². The molecule has 10 amide bonds. The van der Waals surface area contributed by atoms with Crippen molar-refractivity contribution in [2.24, 2.45) is 17.4 Å². The minimum Gasteiger partial charge on any atom is -0.508 e. The molecule has 0 saturated carbocycles. The van der Waals surface area contributed by atoms with Crippen LogP contribution in [-0.4, -0.2) is 249 Å². The molecule has 7 aliphatic rings. The van der Waals surface area contributed by atoms with Gasteiger partial charge in [-0.1, -0.05) is 85.6 Å². The number of para-hydroxylation sites is 1. The molecule has 2 fully saturated rings. The Morgan fingerprint density at radius 2 is 1.26 bits per heavy atom. The van der Waals surface area contributed by atoms with Gasteiger partial charge in [0.25, 0.3) is 0 Å². The number of hydrogen-bond donors (Lipinski definition) is 25. The number of aliphatic hydroxyl groups is 7. The van der Waals surface area contributed by atoms with Crippen molar-refractivity contribution in [2.75, 3.05) is 20.3 Å². The smallest absolute Gasteiger partial charge is 0.326 e. The Hall–Kier alpha value is -13.1. The summed E-state index contributed by atoms with van der Waals surface area (Å²) in [6.07, 6.45) is -19.4. The Bertz CT molecular complexity index is 5790. The van der Waals surface area contributed by atoms with Crippen molar-refractivity contribution in [2.45, 2.75) is 187 Å². The van der Waals surface area contributed by atoms with Crippen molar-refractivity contribution in [3.8, 4) is 62.9 Å². The Kier molecular flexibility index (Phi) is 30.0. The van der Waals surface area contributed by atoms with Gasteiger partial charge in [-0.25, -0.2) is 4.79 Å². The number of H-pyrrole nitrogens is 1. The molecule has 708 valence electrons. The molecule has 42 nitrogen and oxygen atoms in total. The molecule has 44 heteroatoms. The molecule has 27 N–H and O–H groups in total. The van der Waals surface area contributed by atoms with Crippen LogP contribution in [0.3, 0.4) is 0 Å². The number of phenols is 4. The highest BCUT2D eigenvalue weighted by atomic mass is 35.5. The maximum absolute atomic E-state index is 16.6. The fraction of sp³-hybridized carbons (Fsp3) is 0.382. The maximum atomic E-state index is 16.6. The predicted octanol–water partition coefficient (Wildman–Crippen LogP) is 0.225. The number of phenolic OH excluding ortho intramolecular Hbond substituents is 4. The third kappa shape index (κ3) is 21.8. The zero-order chi connectivity index (χ0) is 96.2. The average Bonchev–Trinajstić information content (AvgIpc) is 1.43. The van der Waals surface area contributed by atoms with Crippen LogP contribution in [0.15, 0.2) is 134 Å². The van der Waals surface area contributed by atoms with Crippen LogP contribution in [-0.2, 0) is 79.8 Å². The molecule has 7 aromatic carbocycles. The van der Waals surface area contributed by atoms with Gasteiger partial charge in [-0.05, 0) is 145 Å². The summed E-state index contributed by atoms with van der Waals surface area (Å²) in [7, 11) is 1.45. The number of aromatic hydroxyl groups is 4. The van der Waals surface area contributed by atoms with Gasteiger partial charge in [0.1, 0.15) is 125 Å². The van der Waals surface area contributed by atoms with Crippen molar-refractivity contribution in [3.05, 3.63) is 183 Å². The molecule has 7 aliphatic heterocycles. The number of aromatic nitrogens is 1. The van der Waals surface area contributed by atoms with Gasteiger partial charge in [-0.2, -0.15) is 0 Å². The molecule has 8 aromatic rings. The number of aliphatic hydroxyl groups excluding tert-OH is 7. The summed E-state index contributed by atoms with van der Waals surface area (Å²) in [6.45, 7) is 4.09. The first-order valence-corrected chi connectivity index (χ1v) is 42.7. The van der Waals surface area contributed by atoms with E-state index < -0.39 is 309 Å². The summed E-state index contributed by atoms with van der Waals surface area (Å²) in [5, 5.41) is 161. The Morgan fingerprint density at radius 1 is 0.624 bits per heavy atom. The SMILES string of the molecule is CN[C@H](CC(C)C)C(=O)N[C@H]1C(=O)N[C@H](CC(N)=O)C(=O)N[C@H]2C(=O)N[C@H]3C(=O)N[C@H](C(=O)N[C@H](C(=O)N[C@@H](CO)C(=O)N[C@@H](Cc4c[nH]c5ccccc45)C(=O)N[C@@H](Cc4ccc(O)cc4)C(=O)O)c4cc(O)cc(O)c4-c4cc3ccc4O)[C@H](O[C@H]3C[C@](C)(N)[C@@H](O)[C@H](C)O3)c3ccc(c(Cl)c3)Oc3cc2cc(c3O[C@H]2O[C@@H](CO)[C@H](O)[C@@H](O)[C@@H]2O)Oc2ccc(cc2Cl)[C@H]1O. The van der Waals surface area contributed by atoms with E-state index in [0.29, 0.717) is 22.0 Å². The number of carbonyl (C=O) groups is 11. The number of hydrogen-bond acceptors (Lipinski definition) is 30. The zero-order valence-corrected chi connectivity index (χ0v) is 73.0. The molecule has 0 spiro atoms. The van der Waals surface area contributed by atoms with E-state index >= 15 is 33.6 Å². The molecule has 15 rings (SSSR count). The van der Waals surface area contributed by atoms with Crippen LogP contribution in [0, 0.1) is 5.92 Å². The number of ether oxygens (including phenoxy) is 6. The number of aliphatic carboxylic acids is 1. The highest BCUT2D eigenvalue weighted by Gasteiger charge is 2.50. The van der Waals surface area contributed by atoms with Gasteiger partial charge in [0.05, 0.1) is 47.9 Å². The predicted molar refractivity (Wildman–Crippen MR) is 466 cm³/mol. The van der Waals surface area contributed by atoms with Gasteiger partial charge in [-0.15, -0.1) is 0 Å². The van der Waals surface area contributed by atoms with Gasteiger partial charge < -0.3 is 159 Å². The summed E-state index contributed by atoms with van der Waals surface area (Å²) in [5.41, 5.74) is 8.87. The van der Waals surface area contributed by atoms with E-state index in [9.17, 15) is 80.5 Å². The second-order valence-corrected chi connectivity index (χ2v) is 34.3. The van der Waals surface area contributed by atoms with E-state index in [0.717, 1.165) is 66.7 Å². The van der Waals surface area contributed by atoms with E-state index in [-0.39, 0.29) is 35.6 Å². The first-order valence-electron chi connectivity index (χ1n) is 41.9. The number of amides is 10. The summed E-state index contributed by atoms with van der Waals surface area (Å²) in [6, 6.07) is 4.76.